The summed E-state index contributed by atoms with van der Waals surface area (Å²) in [5.41, 5.74) is 4.83. The van der Waals surface area contributed by atoms with E-state index in [0.29, 0.717) is 0 Å². The Bertz CT molecular complexity index is 581. The molecular weight excluding hydrogens is 302 g/mol. The normalized spacial score (nSPS) is 10.3. The third-order valence-electron chi connectivity index (χ3n) is 3.15. The van der Waals surface area contributed by atoms with Crippen molar-refractivity contribution >= 4 is 21.6 Å². The molecule has 0 amide bonds. The molecule has 0 aliphatic rings. The maximum atomic E-state index is 5.21. The van der Waals surface area contributed by atoms with E-state index in [4.69, 9.17) is 4.74 Å². The Hall–Kier alpha value is -1.48. The summed E-state index contributed by atoms with van der Waals surface area (Å²) in [7, 11) is 1.69. The molecule has 0 saturated heterocycles. The summed E-state index contributed by atoms with van der Waals surface area (Å²) in [5, 5.41) is 3.45. The quantitative estimate of drug-likeness (QED) is 0.883. The van der Waals surface area contributed by atoms with Gasteiger partial charge in [0.2, 0.25) is 0 Å². The van der Waals surface area contributed by atoms with Crippen LogP contribution in [0.5, 0.6) is 5.75 Å². The predicted octanol–water partition coefficient (Wildman–Crippen LogP) is 4.69. The zero-order valence-corrected chi connectivity index (χ0v) is 13.0. The van der Waals surface area contributed by atoms with Crippen LogP contribution in [0, 0.1) is 13.8 Å². The third kappa shape index (κ3) is 3.51. The van der Waals surface area contributed by atoms with Crippen molar-refractivity contribution in [3.8, 4) is 5.75 Å². The molecule has 3 heteroatoms. The maximum absolute atomic E-state index is 5.21. The molecular formula is C16H18BrNO. The van der Waals surface area contributed by atoms with Crippen molar-refractivity contribution in [2.75, 3.05) is 12.4 Å². The van der Waals surface area contributed by atoms with Gasteiger partial charge in [0.05, 0.1) is 7.11 Å². The predicted molar refractivity (Wildman–Crippen MR) is 83.9 cm³/mol. The number of methoxy groups -OCH3 is 1. The highest BCUT2D eigenvalue weighted by Crippen LogP contribution is 2.22. The fourth-order valence-electron chi connectivity index (χ4n) is 1.91. The van der Waals surface area contributed by atoms with Crippen molar-refractivity contribution in [3.05, 3.63) is 57.6 Å². The molecule has 0 radical (unpaired) electrons. The number of aryl methyl sites for hydroxylation is 2. The molecule has 0 spiro atoms. The van der Waals surface area contributed by atoms with E-state index in [1.54, 1.807) is 7.11 Å². The number of ether oxygens (including phenoxy) is 1. The number of anilines is 1. The Morgan fingerprint density at radius 1 is 1.05 bits per heavy atom. The number of rotatable bonds is 4. The highest BCUT2D eigenvalue weighted by atomic mass is 79.9. The van der Waals surface area contributed by atoms with E-state index < -0.39 is 0 Å². The van der Waals surface area contributed by atoms with Gasteiger partial charge in [-0.05, 0) is 54.8 Å². The molecule has 0 atom stereocenters. The lowest BCUT2D eigenvalue weighted by molar-refractivity contribution is 0.414. The zero-order valence-electron chi connectivity index (χ0n) is 11.5. The Morgan fingerprint density at radius 3 is 2.47 bits per heavy atom. The molecule has 0 heterocycles. The van der Waals surface area contributed by atoms with Crippen LogP contribution < -0.4 is 10.1 Å². The highest BCUT2D eigenvalue weighted by molar-refractivity contribution is 9.10. The average Bonchev–Trinajstić information content (AvgIpc) is 2.41. The number of halogens is 1. The van der Waals surface area contributed by atoms with Crippen molar-refractivity contribution in [1.82, 2.24) is 0 Å². The van der Waals surface area contributed by atoms with E-state index in [-0.39, 0.29) is 0 Å². The lowest BCUT2D eigenvalue weighted by Gasteiger charge is -2.11. The highest BCUT2D eigenvalue weighted by Gasteiger charge is 2.01. The van der Waals surface area contributed by atoms with Crippen LogP contribution in [0.2, 0.25) is 0 Å². The smallest absolute Gasteiger partial charge is 0.119 e. The van der Waals surface area contributed by atoms with Gasteiger partial charge in [0, 0.05) is 16.7 Å². The van der Waals surface area contributed by atoms with Gasteiger partial charge in [0.15, 0.2) is 0 Å². The van der Waals surface area contributed by atoms with Crippen molar-refractivity contribution in [3.63, 3.8) is 0 Å². The molecule has 100 valence electrons. The average molecular weight is 320 g/mol. The molecule has 0 aliphatic heterocycles. The van der Waals surface area contributed by atoms with Crippen LogP contribution in [0.3, 0.4) is 0 Å². The van der Waals surface area contributed by atoms with E-state index >= 15 is 0 Å². The minimum absolute atomic E-state index is 0.812. The molecule has 2 aromatic carbocycles. The molecule has 1 N–H and O–H groups in total. The molecule has 0 unspecified atom stereocenters. The minimum atomic E-state index is 0.812. The third-order valence-corrected chi connectivity index (χ3v) is 4.01. The summed E-state index contributed by atoms with van der Waals surface area (Å²) in [6, 6.07) is 12.5. The zero-order chi connectivity index (χ0) is 13.8. The van der Waals surface area contributed by atoms with Crippen LogP contribution in [-0.4, -0.2) is 7.11 Å². The number of hydrogen-bond acceptors (Lipinski definition) is 2. The van der Waals surface area contributed by atoms with Gasteiger partial charge in [-0.15, -0.1) is 0 Å². The van der Waals surface area contributed by atoms with Crippen molar-refractivity contribution in [2.24, 2.45) is 0 Å². The second-order valence-electron chi connectivity index (χ2n) is 4.62. The fraction of sp³-hybridized carbons (Fsp3) is 0.250. The van der Waals surface area contributed by atoms with Gasteiger partial charge >= 0.3 is 0 Å². The van der Waals surface area contributed by atoms with Crippen molar-refractivity contribution in [1.29, 1.82) is 0 Å². The monoisotopic (exact) mass is 319 g/mol. The molecule has 0 bridgehead atoms. The largest absolute Gasteiger partial charge is 0.497 e. The summed E-state index contributed by atoms with van der Waals surface area (Å²) in [5.74, 6) is 0.890. The molecule has 0 aliphatic carbocycles. The lowest BCUT2D eigenvalue weighted by Crippen LogP contribution is -2.01. The van der Waals surface area contributed by atoms with Gasteiger partial charge in [-0.25, -0.2) is 0 Å². The van der Waals surface area contributed by atoms with Crippen molar-refractivity contribution in [2.45, 2.75) is 20.4 Å². The minimum Gasteiger partial charge on any atom is -0.497 e. The summed E-state index contributed by atoms with van der Waals surface area (Å²) >= 11 is 3.56. The maximum Gasteiger partial charge on any atom is 0.119 e. The molecule has 0 aromatic heterocycles. The van der Waals surface area contributed by atoms with Gasteiger partial charge in [-0.2, -0.15) is 0 Å². The SMILES string of the molecule is COc1ccc(NCc2ccc(C)c(Br)c2)c(C)c1. The molecule has 2 nitrogen and oxygen atoms in total. The van der Waals surface area contributed by atoms with Gasteiger partial charge in [0.25, 0.3) is 0 Å². The summed E-state index contributed by atoms with van der Waals surface area (Å²) in [6.07, 6.45) is 0. The molecule has 0 fully saturated rings. The van der Waals surface area contributed by atoms with Gasteiger partial charge in [-0.1, -0.05) is 28.1 Å². The van der Waals surface area contributed by atoms with Gasteiger partial charge in [-0.3, -0.25) is 0 Å². The van der Waals surface area contributed by atoms with E-state index in [0.717, 1.165) is 22.5 Å². The second kappa shape index (κ2) is 6.11. The van der Waals surface area contributed by atoms with E-state index in [9.17, 15) is 0 Å². The number of benzene rings is 2. The van der Waals surface area contributed by atoms with Gasteiger partial charge < -0.3 is 10.1 Å². The van der Waals surface area contributed by atoms with Crippen LogP contribution in [0.1, 0.15) is 16.7 Å². The molecule has 19 heavy (non-hydrogen) atoms. The van der Waals surface area contributed by atoms with E-state index in [2.05, 4.69) is 59.4 Å². The van der Waals surface area contributed by atoms with Crippen LogP contribution in [0.4, 0.5) is 5.69 Å². The van der Waals surface area contributed by atoms with Crippen LogP contribution in [-0.2, 0) is 6.54 Å². The van der Waals surface area contributed by atoms with Gasteiger partial charge in [0.1, 0.15) is 5.75 Å². The topological polar surface area (TPSA) is 21.3 Å². The molecule has 2 aromatic rings. The Balaban J connectivity index is 2.07. The number of nitrogens with one attached hydrogen (secondary N) is 1. The summed E-state index contributed by atoms with van der Waals surface area (Å²) in [4.78, 5) is 0. The Kier molecular flexibility index (Phi) is 4.48. The van der Waals surface area contributed by atoms with Crippen LogP contribution in [0.25, 0.3) is 0 Å². The first-order valence-electron chi connectivity index (χ1n) is 6.23. The fourth-order valence-corrected chi connectivity index (χ4v) is 2.33. The first kappa shape index (κ1) is 13.9. The lowest BCUT2D eigenvalue weighted by atomic mass is 10.1. The first-order chi connectivity index (χ1) is 9.10. The summed E-state index contributed by atoms with van der Waals surface area (Å²) in [6.45, 7) is 4.98. The molecule has 0 saturated carbocycles. The van der Waals surface area contributed by atoms with Crippen molar-refractivity contribution < 1.29 is 4.74 Å². The summed E-state index contributed by atoms with van der Waals surface area (Å²) < 4.78 is 6.36. The van der Waals surface area contributed by atoms with Crippen LogP contribution in [0.15, 0.2) is 40.9 Å². The van der Waals surface area contributed by atoms with E-state index in [1.807, 2.05) is 12.1 Å². The van der Waals surface area contributed by atoms with Crippen LogP contribution >= 0.6 is 15.9 Å². The second-order valence-corrected chi connectivity index (χ2v) is 5.47. The van der Waals surface area contributed by atoms with E-state index in [1.165, 1.54) is 16.7 Å². The Labute approximate surface area is 122 Å². The Morgan fingerprint density at radius 2 is 1.84 bits per heavy atom. The molecule has 2 rings (SSSR count). The number of hydrogen-bond donors (Lipinski definition) is 1. The standard InChI is InChI=1S/C16H18BrNO/c1-11-4-5-13(9-15(11)17)10-18-16-7-6-14(19-3)8-12(16)2/h4-9,18H,10H2,1-3H3. The first-order valence-corrected chi connectivity index (χ1v) is 7.03.